The maximum atomic E-state index is 4.34. The molecule has 0 saturated heterocycles. The molecular weight excluding hydrogens is 222 g/mol. The van der Waals surface area contributed by atoms with Gasteiger partial charge in [-0.2, -0.15) is 0 Å². The molecular formula is C10H11N5S. The molecule has 0 aromatic carbocycles. The Morgan fingerprint density at radius 3 is 2.81 bits per heavy atom. The fourth-order valence-corrected chi connectivity index (χ4v) is 1.79. The van der Waals surface area contributed by atoms with Crippen molar-refractivity contribution in [2.75, 3.05) is 11.9 Å². The van der Waals surface area contributed by atoms with Gasteiger partial charge in [-0.15, -0.1) is 0 Å². The Hall–Kier alpha value is -1.69. The van der Waals surface area contributed by atoms with Gasteiger partial charge in [-0.1, -0.05) is 0 Å². The van der Waals surface area contributed by atoms with E-state index in [0.29, 0.717) is 5.95 Å². The van der Waals surface area contributed by atoms with Gasteiger partial charge in [0, 0.05) is 18.9 Å². The molecule has 1 N–H and O–H groups in total. The minimum absolute atomic E-state index is 0.640. The van der Waals surface area contributed by atoms with Crippen molar-refractivity contribution in [1.29, 1.82) is 0 Å². The van der Waals surface area contributed by atoms with Crippen LogP contribution in [0.1, 0.15) is 6.92 Å². The molecule has 0 unspecified atom stereocenters. The molecule has 0 aliphatic rings. The van der Waals surface area contributed by atoms with Crippen LogP contribution < -0.4 is 5.32 Å². The molecule has 82 valence electrons. The van der Waals surface area contributed by atoms with Crippen LogP contribution in [-0.4, -0.2) is 26.5 Å². The average molecular weight is 233 g/mol. The second kappa shape index (κ2) is 5.41. The summed E-state index contributed by atoms with van der Waals surface area (Å²) in [5, 5.41) is 4.80. The second-order valence-electron chi connectivity index (χ2n) is 2.90. The minimum atomic E-state index is 0.640. The lowest BCUT2D eigenvalue weighted by Gasteiger charge is -2.03. The first kappa shape index (κ1) is 10.8. The van der Waals surface area contributed by atoms with E-state index in [1.54, 1.807) is 12.4 Å². The van der Waals surface area contributed by atoms with Crippen LogP contribution in [0.15, 0.2) is 40.9 Å². The molecule has 0 fully saturated rings. The molecule has 0 aliphatic carbocycles. The van der Waals surface area contributed by atoms with E-state index in [4.69, 9.17) is 0 Å². The van der Waals surface area contributed by atoms with Gasteiger partial charge in [0.15, 0.2) is 0 Å². The van der Waals surface area contributed by atoms with E-state index in [1.165, 1.54) is 18.1 Å². The summed E-state index contributed by atoms with van der Waals surface area (Å²) in [6, 6.07) is 3.70. The third kappa shape index (κ3) is 2.90. The number of anilines is 1. The summed E-state index contributed by atoms with van der Waals surface area (Å²) in [4.78, 5) is 16.4. The molecule has 2 rings (SSSR count). The van der Waals surface area contributed by atoms with E-state index in [9.17, 15) is 0 Å². The van der Waals surface area contributed by atoms with Gasteiger partial charge in [-0.25, -0.2) is 19.9 Å². The van der Waals surface area contributed by atoms with Crippen molar-refractivity contribution in [3.8, 4) is 0 Å². The minimum Gasteiger partial charge on any atom is -0.354 e. The van der Waals surface area contributed by atoms with Crippen LogP contribution in [0.2, 0.25) is 0 Å². The molecule has 0 saturated carbocycles. The molecule has 2 aromatic heterocycles. The first-order chi connectivity index (χ1) is 7.88. The highest BCUT2D eigenvalue weighted by molar-refractivity contribution is 7.99. The maximum absolute atomic E-state index is 4.34. The predicted molar refractivity (Wildman–Crippen MR) is 62.4 cm³/mol. The van der Waals surface area contributed by atoms with Crippen LogP contribution in [0.5, 0.6) is 0 Å². The third-order valence-corrected chi connectivity index (χ3v) is 2.62. The summed E-state index contributed by atoms with van der Waals surface area (Å²) in [7, 11) is 0. The van der Waals surface area contributed by atoms with Crippen molar-refractivity contribution < 1.29 is 0 Å². The van der Waals surface area contributed by atoms with Gasteiger partial charge in [0.25, 0.3) is 0 Å². The SMILES string of the molecule is CCNc1nccc(Sc2ccncn2)n1. The average Bonchev–Trinajstić information content (AvgIpc) is 2.31. The molecule has 5 nitrogen and oxygen atoms in total. The first-order valence-electron chi connectivity index (χ1n) is 4.89. The lowest BCUT2D eigenvalue weighted by Crippen LogP contribution is -2.01. The smallest absolute Gasteiger partial charge is 0.223 e. The van der Waals surface area contributed by atoms with E-state index in [-0.39, 0.29) is 0 Å². The summed E-state index contributed by atoms with van der Waals surface area (Å²) in [6.45, 7) is 2.81. The van der Waals surface area contributed by atoms with E-state index in [2.05, 4.69) is 25.3 Å². The van der Waals surface area contributed by atoms with E-state index in [0.717, 1.165) is 16.6 Å². The third-order valence-electron chi connectivity index (χ3n) is 1.73. The Balaban J connectivity index is 2.12. The van der Waals surface area contributed by atoms with Crippen LogP contribution in [0.4, 0.5) is 5.95 Å². The van der Waals surface area contributed by atoms with Crippen molar-refractivity contribution >= 4 is 17.7 Å². The Labute approximate surface area is 97.8 Å². The van der Waals surface area contributed by atoms with Gasteiger partial charge in [-0.05, 0) is 30.8 Å². The summed E-state index contributed by atoms with van der Waals surface area (Å²) in [6.07, 6.45) is 4.96. The molecule has 2 aromatic rings. The molecule has 0 spiro atoms. The van der Waals surface area contributed by atoms with Gasteiger partial charge in [0.1, 0.15) is 16.4 Å². The van der Waals surface area contributed by atoms with Gasteiger partial charge in [0.2, 0.25) is 5.95 Å². The number of hydrogen-bond donors (Lipinski definition) is 1. The van der Waals surface area contributed by atoms with E-state index in [1.807, 2.05) is 19.1 Å². The molecule has 0 atom stereocenters. The summed E-state index contributed by atoms with van der Waals surface area (Å²) in [5.74, 6) is 0.640. The lowest BCUT2D eigenvalue weighted by molar-refractivity contribution is 1.00. The largest absolute Gasteiger partial charge is 0.354 e. The number of aromatic nitrogens is 4. The normalized spacial score (nSPS) is 10.1. The molecule has 0 amide bonds. The van der Waals surface area contributed by atoms with Gasteiger partial charge < -0.3 is 5.32 Å². The number of rotatable bonds is 4. The summed E-state index contributed by atoms with van der Waals surface area (Å²) >= 11 is 1.49. The predicted octanol–water partition coefficient (Wildman–Crippen LogP) is 1.85. The standard InChI is InChI=1S/C10H11N5S/c1-2-12-10-13-6-4-9(15-10)16-8-3-5-11-7-14-8/h3-7H,2H2,1H3,(H,12,13,15). The van der Waals surface area contributed by atoms with Crippen molar-refractivity contribution in [1.82, 2.24) is 19.9 Å². The van der Waals surface area contributed by atoms with Crippen LogP contribution in [0.3, 0.4) is 0 Å². The highest BCUT2D eigenvalue weighted by atomic mass is 32.2. The zero-order chi connectivity index (χ0) is 11.2. The molecule has 2 heterocycles. The van der Waals surface area contributed by atoms with Crippen LogP contribution >= 0.6 is 11.8 Å². The summed E-state index contributed by atoms with van der Waals surface area (Å²) in [5.41, 5.74) is 0. The highest BCUT2D eigenvalue weighted by Gasteiger charge is 2.01. The lowest BCUT2D eigenvalue weighted by atomic mass is 10.6. The Morgan fingerprint density at radius 1 is 1.19 bits per heavy atom. The fraction of sp³-hybridized carbons (Fsp3) is 0.200. The first-order valence-corrected chi connectivity index (χ1v) is 5.71. The van der Waals surface area contributed by atoms with Gasteiger partial charge >= 0.3 is 0 Å². The maximum Gasteiger partial charge on any atom is 0.223 e. The Morgan fingerprint density at radius 2 is 2.06 bits per heavy atom. The highest BCUT2D eigenvalue weighted by Crippen LogP contribution is 2.23. The quantitative estimate of drug-likeness (QED) is 0.813. The monoisotopic (exact) mass is 233 g/mol. The van der Waals surface area contributed by atoms with E-state index < -0.39 is 0 Å². The van der Waals surface area contributed by atoms with Crippen molar-refractivity contribution in [2.45, 2.75) is 17.0 Å². The zero-order valence-corrected chi connectivity index (χ0v) is 9.61. The van der Waals surface area contributed by atoms with Crippen molar-refractivity contribution in [3.63, 3.8) is 0 Å². The molecule has 0 radical (unpaired) electrons. The Bertz CT molecular complexity index is 448. The molecule has 0 aliphatic heterocycles. The topological polar surface area (TPSA) is 63.6 Å². The summed E-state index contributed by atoms with van der Waals surface area (Å²) < 4.78 is 0. The fourth-order valence-electron chi connectivity index (χ4n) is 1.09. The molecule has 0 bridgehead atoms. The van der Waals surface area contributed by atoms with Crippen molar-refractivity contribution in [3.05, 3.63) is 30.9 Å². The van der Waals surface area contributed by atoms with Crippen LogP contribution in [0.25, 0.3) is 0 Å². The van der Waals surface area contributed by atoms with Crippen LogP contribution in [0, 0.1) is 0 Å². The number of hydrogen-bond acceptors (Lipinski definition) is 6. The van der Waals surface area contributed by atoms with Gasteiger partial charge in [-0.3, -0.25) is 0 Å². The Kier molecular flexibility index (Phi) is 3.66. The second-order valence-corrected chi connectivity index (χ2v) is 3.94. The zero-order valence-electron chi connectivity index (χ0n) is 8.79. The molecule has 6 heteroatoms. The number of nitrogens with zero attached hydrogens (tertiary/aromatic N) is 4. The van der Waals surface area contributed by atoms with E-state index >= 15 is 0 Å². The van der Waals surface area contributed by atoms with Crippen LogP contribution in [-0.2, 0) is 0 Å². The molecule has 16 heavy (non-hydrogen) atoms. The van der Waals surface area contributed by atoms with Crippen molar-refractivity contribution in [2.24, 2.45) is 0 Å². The number of nitrogens with one attached hydrogen (secondary N) is 1. The van der Waals surface area contributed by atoms with Gasteiger partial charge in [0.05, 0.1) is 0 Å².